The van der Waals surface area contributed by atoms with Gasteiger partial charge in [0.25, 0.3) is 0 Å². The summed E-state index contributed by atoms with van der Waals surface area (Å²) >= 11 is 0. The van der Waals surface area contributed by atoms with E-state index in [0.29, 0.717) is 6.61 Å². The summed E-state index contributed by atoms with van der Waals surface area (Å²) in [6, 6.07) is 22.8. The van der Waals surface area contributed by atoms with Crippen LogP contribution in [-0.4, -0.2) is 4.57 Å². The molecule has 0 atom stereocenters. The molecule has 106 valence electrons. The lowest BCUT2D eigenvalue weighted by molar-refractivity contribution is 0.306. The fourth-order valence-corrected chi connectivity index (χ4v) is 2.39. The van der Waals surface area contributed by atoms with Gasteiger partial charge in [0.05, 0.1) is 0 Å². The minimum atomic E-state index is 0.594. The average molecular weight is 277 g/mol. The molecule has 0 aliphatic heterocycles. The molecular formula is C19H19NO. The van der Waals surface area contributed by atoms with Gasteiger partial charge in [-0.15, -0.1) is 0 Å². The van der Waals surface area contributed by atoms with Crippen LogP contribution >= 0.6 is 0 Å². The molecule has 2 nitrogen and oxygen atoms in total. The van der Waals surface area contributed by atoms with Crippen LogP contribution in [0.5, 0.6) is 5.75 Å². The Labute approximate surface area is 125 Å². The largest absolute Gasteiger partial charge is 0.489 e. The predicted molar refractivity (Wildman–Crippen MR) is 86.4 cm³/mol. The second-order valence-electron chi connectivity index (χ2n) is 5.22. The van der Waals surface area contributed by atoms with Crippen molar-refractivity contribution >= 4 is 0 Å². The molecule has 0 aliphatic carbocycles. The Kier molecular flexibility index (Phi) is 3.78. The number of hydrogen-bond donors (Lipinski definition) is 0. The van der Waals surface area contributed by atoms with Crippen LogP contribution in [0, 0.1) is 6.92 Å². The molecule has 0 bridgehead atoms. The normalized spacial score (nSPS) is 10.6. The first kappa shape index (κ1) is 13.5. The third kappa shape index (κ3) is 3.00. The van der Waals surface area contributed by atoms with E-state index in [0.717, 1.165) is 5.75 Å². The highest BCUT2D eigenvalue weighted by molar-refractivity contribution is 5.62. The number of nitrogens with zero attached hydrogens (tertiary/aromatic N) is 1. The summed E-state index contributed by atoms with van der Waals surface area (Å²) in [6.07, 6.45) is 0. The van der Waals surface area contributed by atoms with E-state index < -0.39 is 0 Å². The number of aromatic nitrogens is 1. The van der Waals surface area contributed by atoms with E-state index in [1.807, 2.05) is 30.3 Å². The maximum Gasteiger partial charge on any atom is 0.120 e. The van der Waals surface area contributed by atoms with Gasteiger partial charge in [0.15, 0.2) is 0 Å². The van der Waals surface area contributed by atoms with Crippen molar-refractivity contribution in [3.8, 4) is 17.0 Å². The van der Waals surface area contributed by atoms with Crippen LogP contribution in [0.25, 0.3) is 11.3 Å². The molecule has 3 rings (SSSR count). The lowest BCUT2D eigenvalue weighted by atomic mass is 10.1. The maximum absolute atomic E-state index is 5.89. The van der Waals surface area contributed by atoms with Crippen LogP contribution in [0.2, 0.25) is 0 Å². The molecule has 0 unspecified atom stereocenters. The van der Waals surface area contributed by atoms with Gasteiger partial charge in [-0.1, -0.05) is 42.5 Å². The summed E-state index contributed by atoms with van der Waals surface area (Å²) in [5.74, 6) is 0.898. The van der Waals surface area contributed by atoms with Crippen molar-refractivity contribution in [2.24, 2.45) is 7.05 Å². The van der Waals surface area contributed by atoms with Gasteiger partial charge in [-0.25, -0.2) is 0 Å². The zero-order valence-corrected chi connectivity index (χ0v) is 12.4. The molecule has 3 aromatic rings. The number of ether oxygens (including phenoxy) is 1. The Morgan fingerprint density at radius 3 is 2.43 bits per heavy atom. The second kappa shape index (κ2) is 5.88. The molecule has 0 saturated heterocycles. The summed E-state index contributed by atoms with van der Waals surface area (Å²) in [4.78, 5) is 0. The zero-order valence-electron chi connectivity index (χ0n) is 12.4. The first-order valence-corrected chi connectivity index (χ1v) is 7.13. The SMILES string of the molecule is Cc1ccc(-c2cccc(OCc3ccccc3)c2)n1C. The molecule has 0 spiro atoms. The van der Waals surface area contributed by atoms with E-state index in [1.165, 1.54) is 22.5 Å². The molecule has 2 heteroatoms. The third-order valence-electron chi connectivity index (χ3n) is 3.75. The second-order valence-corrected chi connectivity index (χ2v) is 5.22. The van der Waals surface area contributed by atoms with Crippen molar-refractivity contribution in [3.05, 3.63) is 78.0 Å². The fourth-order valence-electron chi connectivity index (χ4n) is 2.39. The van der Waals surface area contributed by atoms with Gasteiger partial charge < -0.3 is 9.30 Å². The standard InChI is InChI=1S/C19H19NO/c1-15-11-12-19(20(15)2)17-9-6-10-18(13-17)21-14-16-7-4-3-5-8-16/h3-13H,14H2,1-2H3. The summed E-state index contributed by atoms with van der Waals surface area (Å²) in [5, 5.41) is 0. The van der Waals surface area contributed by atoms with Crippen molar-refractivity contribution in [2.75, 3.05) is 0 Å². The lowest BCUT2D eigenvalue weighted by Gasteiger charge is -2.09. The predicted octanol–water partition coefficient (Wildman–Crippen LogP) is 4.58. The molecule has 0 N–H and O–H groups in total. The van der Waals surface area contributed by atoms with Crippen LogP contribution in [0.1, 0.15) is 11.3 Å². The van der Waals surface area contributed by atoms with E-state index >= 15 is 0 Å². The molecule has 0 amide bonds. The molecule has 0 aliphatic rings. The van der Waals surface area contributed by atoms with E-state index in [4.69, 9.17) is 4.74 Å². The molecule has 2 aromatic carbocycles. The van der Waals surface area contributed by atoms with E-state index in [9.17, 15) is 0 Å². The van der Waals surface area contributed by atoms with Crippen LogP contribution < -0.4 is 4.74 Å². The number of hydrogen-bond acceptors (Lipinski definition) is 1. The molecule has 1 aromatic heterocycles. The van der Waals surface area contributed by atoms with Crippen LogP contribution in [0.4, 0.5) is 0 Å². The molecule has 0 radical (unpaired) electrons. The van der Waals surface area contributed by atoms with Crippen molar-refractivity contribution in [1.82, 2.24) is 4.57 Å². The number of rotatable bonds is 4. The highest BCUT2D eigenvalue weighted by Gasteiger charge is 2.05. The van der Waals surface area contributed by atoms with Crippen LogP contribution in [0.15, 0.2) is 66.7 Å². The van der Waals surface area contributed by atoms with Crippen LogP contribution in [-0.2, 0) is 13.7 Å². The van der Waals surface area contributed by atoms with Gasteiger partial charge in [0, 0.05) is 24.0 Å². The van der Waals surface area contributed by atoms with Gasteiger partial charge in [0.2, 0.25) is 0 Å². The monoisotopic (exact) mass is 277 g/mol. The minimum absolute atomic E-state index is 0.594. The summed E-state index contributed by atoms with van der Waals surface area (Å²) in [7, 11) is 2.09. The highest BCUT2D eigenvalue weighted by atomic mass is 16.5. The first-order chi connectivity index (χ1) is 10.2. The van der Waals surface area contributed by atoms with Gasteiger partial charge in [0.1, 0.15) is 12.4 Å². The Hall–Kier alpha value is -2.48. The third-order valence-corrected chi connectivity index (χ3v) is 3.75. The maximum atomic E-state index is 5.89. The first-order valence-electron chi connectivity index (χ1n) is 7.13. The number of benzene rings is 2. The molecular weight excluding hydrogens is 258 g/mol. The Morgan fingerprint density at radius 1 is 0.905 bits per heavy atom. The van der Waals surface area contributed by atoms with Gasteiger partial charge in [-0.2, -0.15) is 0 Å². The van der Waals surface area contributed by atoms with Gasteiger partial charge >= 0.3 is 0 Å². The summed E-state index contributed by atoms with van der Waals surface area (Å²) < 4.78 is 8.08. The topological polar surface area (TPSA) is 14.2 Å². The molecule has 0 saturated carbocycles. The minimum Gasteiger partial charge on any atom is -0.489 e. The van der Waals surface area contributed by atoms with Crippen molar-refractivity contribution < 1.29 is 4.74 Å². The highest BCUT2D eigenvalue weighted by Crippen LogP contribution is 2.25. The van der Waals surface area contributed by atoms with E-state index in [2.05, 4.69) is 54.9 Å². The quantitative estimate of drug-likeness (QED) is 0.681. The Bertz CT molecular complexity index is 728. The van der Waals surface area contributed by atoms with Crippen molar-refractivity contribution in [1.29, 1.82) is 0 Å². The van der Waals surface area contributed by atoms with E-state index in [1.54, 1.807) is 0 Å². The summed E-state index contributed by atoms with van der Waals surface area (Å²) in [5.41, 5.74) is 4.81. The fraction of sp³-hybridized carbons (Fsp3) is 0.158. The smallest absolute Gasteiger partial charge is 0.120 e. The number of aryl methyl sites for hydroxylation is 1. The van der Waals surface area contributed by atoms with E-state index in [-0.39, 0.29) is 0 Å². The Morgan fingerprint density at radius 2 is 1.71 bits per heavy atom. The van der Waals surface area contributed by atoms with Crippen LogP contribution in [0.3, 0.4) is 0 Å². The molecule has 0 fully saturated rings. The van der Waals surface area contributed by atoms with Crippen molar-refractivity contribution in [3.63, 3.8) is 0 Å². The molecule has 21 heavy (non-hydrogen) atoms. The van der Waals surface area contributed by atoms with Gasteiger partial charge in [-0.3, -0.25) is 0 Å². The molecule has 1 heterocycles. The zero-order chi connectivity index (χ0) is 14.7. The Balaban J connectivity index is 1.79. The summed E-state index contributed by atoms with van der Waals surface area (Å²) in [6.45, 7) is 2.70. The van der Waals surface area contributed by atoms with Crippen molar-refractivity contribution in [2.45, 2.75) is 13.5 Å². The lowest BCUT2D eigenvalue weighted by Crippen LogP contribution is -1.96. The van der Waals surface area contributed by atoms with Gasteiger partial charge in [-0.05, 0) is 36.8 Å². The average Bonchev–Trinajstić information content (AvgIpc) is 2.86.